The van der Waals surface area contributed by atoms with E-state index in [0.717, 1.165) is 0 Å². The first-order valence-corrected chi connectivity index (χ1v) is 4.61. The molecule has 0 aromatic heterocycles. The summed E-state index contributed by atoms with van der Waals surface area (Å²) in [4.78, 5) is 12.5. The highest BCUT2D eigenvalue weighted by Gasteiger charge is 2.23. The SMILES string of the molecule is F[B-](F)(F)F.N#[N+]c1ccc(Br)cc1[N+](=O)[O-]. The second kappa shape index (κ2) is 6.14. The molecular weight excluding hydrogens is 313 g/mol. The lowest BCUT2D eigenvalue weighted by Gasteiger charge is -1.94. The fourth-order valence-corrected chi connectivity index (χ4v) is 1.08. The van der Waals surface area contributed by atoms with Crippen LogP contribution in [0.1, 0.15) is 0 Å². The van der Waals surface area contributed by atoms with Crippen LogP contribution in [0, 0.1) is 15.5 Å². The van der Waals surface area contributed by atoms with E-state index in [1.807, 2.05) is 0 Å². The van der Waals surface area contributed by atoms with E-state index >= 15 is 0 Å². The van der Waals surface area contributed by atoms with Crippen molar-refractivity contribution in [2.24, 2.45) is 0 Å². The summed E-state index contributed by atoms with van der Waals surface area (Å²) in [5.74, 6) is 0. The van der Waals surface area contributed by atoms with Crippen molar-refractivity contribution in [1.82, 2.24) is 0 Å². The third-order valence-electron chi connectivity index (χ3n) is 1.24. The van der Waals surface area contributed by atoms with Gasteiger partial charge < -0.3 is 17.3 Å². The first-order chi connectivity index (χ1) is 7.65. The first kappa shape index (κ1) is 15.3. The van der Waals surface area contributed by atoms with Crippen molar-refractivity contribution in [3.05, 3.63) is 37.8 Å². The van der Waals surface area contributed by atoms with Gasteiger partial charge in [0.15, 0.2) is 4.98 Å². The lowest BCUT2D eigenvalue weighted by molar-refractivity contribution is -0.383. The minimum atomic E-state index is -6.00. The lowest BCUT2D eigenvalue weighted by Crippen LogP contribution is -2.02. The summed E-state index contributed by atoms with van der Waals surface area (Å²) in [6.45, 7) is 0. The Hall–Kier alpha value is -1.70. The topological polar surface area (TPSA) is 71.3 Å². The average Bonchev–Trinajstić information content (AvgIpc) is 2.15. The summed E-state index contributed by atoms with van der Waals surface area (Å²) >= 11 is 3.07. The predicted molar refractivity (Wildman–Crippen MR) is 55.7 cm³/mol. The highest BCUT2D eigenvalue weighted by atomic mass is 79.9. The largest absolute Gasteiger partial charge is 0.673 e. The third kappa shape index (κ3) is 7.23. The van der Waals surface area contributed by atoms with Crippen LogP contribution in [0.4, 0.5) is 28.6 Å². The standard InChI is InChI=1S/C6H3BrN3O2.BF4/c7-4-1-2-5(9-8)6(3-4)10(11)12;2-1(3,4)5/h1-3H;/q+1;-1. The Morgan fingerprint density at radius 1 is 1.35 bits per heavy atom. The van der Waals surface area contributed by atoms with Crippen LogP contribution in [0.25, 0.3) is 4.98 Å². The van der Waals surface area contributed by atoms with E-state index in [2.05, 4.69) is 20.9 Å². The lowest BCUT2D eigenvalue weighted by atomic mass is 10.3. The van der Waals surface area contributed by atoms with Gasteiger partial charge in [-0.3, -0.25) is 10.1 Å². The minimum absolute atomic E-state index is 0.0526. The first-order valence-electron chi connectivity index (χ1n) is 3.81. The van der Waals surface area contributed by atoms with Gasteiger partial charge in [0, 0.05) is 16.6 Å². The zero-order valence-electron chi connectivity index (χ0n) is 7.86. The van der Waals surface area contributed by atoms with Crippen LogP contribution in [-0.4, -0.2) is 12.2 Å². The van der Waals surface area contributed by atoms with Crippen LogP contribution >= 0.6 is 15.9 Å². The molecule has 0 N–H and O–H groups in total. The summed E-state index contributed by atoms with van der Waals surface area (Å²) in [5, 5.41) is 18.7. The maximum absolute atomic E-state index is 10.3. The van der Waals surface area contributed by atoms with E-state index in [-0.39, 0.29) is 11.4 Å². The Labute approximate surface area is 100 Å². The number of hydrogen-bond donors (Lipinski definition) is 0. The number of halogens is 5. The van der Waals surface area contributed by atoms with Gasteiger partial charge in [0.1, 0.15) is 0 Å². The Bertz CT molecular complexity index is 456. The van der Waals surface area contributed by atoms with E-state index in [1.54, 1.807) is 6.07 Å². The van der Waals surface area contributed by atoms with Crippen LogP contribution in [0.5, 0.6) is 0 Å². The molecule has 0 aliphatic rings. The van der Waals surface area contributed by atoms with E-state index in [1.165, 1.54) is 12.1 Å². The molecule has 0 atom stereocenters. The number of nitrogens with zero attached hydrogens (tertiary/aromatic N) is 3. The maximum Gasteiger partial charge on any atom is 0.673 e. The molecule has 1 aromatic rings. The molecule has 0 heterocycles. The van der Waals surface area contributed by atoms with E-state index in [0.29, 0.717) is 4.47 Å². The highest BCUT2D eigenvalue weighted by Crippen LogP contribution is 2.29. The fraction of sp³-hybridized carbons (Fsp3) is 0. The molecule has 92 valence electrons. The maximum atomic E-state index is 10.3. The van der Waals surface area contributed by atoms with Gasteiger partial charge in [-0.25, -0.2) is 0 Å². The molecule has 11 heteroatoms. The zero-order valence-corrected chi connectivity index (χ0v) is 9.44. The van der Waals surface area contributed by atoms with Gasteiger partial charge >= 0.3 is 18.6 Å². The summed E-state index contributed by atoms with van der Waals surface area (Å²) in [7, 11) is -6.00. The Kier molecular flexibility index (Phi) is 5.53. The van der Waals surface area contributed by atoms with Crippen LogP contribution in [0.3, 0.4) is 0 Å². The zero-order chi connectivity index (χ0) is 13.6. The molecule has 0 amide bonds. The number of nitro groups is 1. The number of benzene rings is 1. The summed E-state index contributed by atoms with van der Waals surface area (Å²) in [5.41, 5.74) is -0.282. The second-order valence-electron chi connectivity index (χ2n) is 2.49. The number of hydrogen-bond acceptors (Lipinski definition) is 3. The molecule has 0 aliphatic heterocycles. The van der Waals surface area contributed by atoms with Gasteiger partial charge in [-0.05, 0) is 6.07 Å². The van der Waals surface area contributed by atoms with Crippen molar-refractivity contribution in [2.75, 3.05) is 0 Å². The minimum Gasteiger partial charge on any atom is -0.418 e. The molecule has 0 unspecified atom stereocenters. The Morgan fingerprint density at radius 2 is 1.82 bits per heavy atom. The summed E-state index contributed by atoms with van der Waals surface area (Å²) in [6.07, 6.45) is 0. The van der Waals surface area contributed by atoms with Crippen molar-refractivity contribution >= 4 is 34.6 Å². The molecule has 0 radical (unpaired) electrons. The molecular formula is C6H3BBrF4N3O2. The number of nitro benzene ring substituents is 1. The van der Waals surface area contributed by atoms with E-state index in [4.69, 9.17) is 5.39 Å². The van der Waals surface area contributed by atoms with Crippen LogP contribution < -0.4 is 0 Å². The van der Waals surface area contributed by atoms with Gasteiger partial charge in [-0.15, -0.1) is 0 Å². The highest BCUT2D eigenvalue weighted by molar-refractivity contribution is 9.10. The van der Waals surface area contributed by atoms with E-state index < -0.39 is 12.2 Å². The number of diazo groups is 1. The summed E-state index contributed by atoms with van der Waals surface area (Å²) < 4.78 is 39.6. The molecule has 1 aromatic carbocycles. The van der Waals surface area contributed by atoms with Gasteiger partial charge in [-0.2, -0.15) is 0 Å². The second-order valence-corrected chi connectivity index (χ2v) is 3.40. The Morgan fingerprint density at radius 3 is 2.18 bits per heavy atom. The van der Waals surface area contributed by atoms with Crippen molar-refractivity contribution in [3.63, 3.8) is 0 Å². The van der Waals surface area contributed by atoms with Gasteiger partial charge in [0.25, 0.3) is 0 Å². The van der Waals surface area contributed by atoms with E-state index in [9.17, 15) is 27.4 Å². The number of rotatable bonds is 1. The third-order valence-corrected chi connectivity index (χ3v) is 1.74. The summed E-state index contributed by atoms with van der Waals surface area (Å²) in [6, 6.07) is 4.18. The molecule has 0 spiro atoms. The molecule has 1 rings (SSSR count). The van der Waals surface area contributed by atoms with Crippen molar-refractivity contribution < 1.29 is 22.2 Å². The normalized spacial score (nSPS) is 9.88. The predicted octanol–water partition coefficient (Wildman–Crippen LogP) is 4.14. The van der Waals surface area contributed by atoms with Gasteiger partial charge in [-0.1, -0.05) is 15.9 Å². The molecule has 0 fully saturated rings. The monoisotopic (exact) mass is 315 g/mol. The quantitative estimate of drug-likeness (QED) is 0.257. The molecule has 5 nitrogen and oxygen atoms in total. The average molecular weight is 316 g/mol. The van der Waals surface area contributed by atoms with Crippen molar-refractivity contribution in [3.8, 4) is 0 Å². The fourth-order valence-electron chi connectivity index (χ4n) is 0.727. The van der Waals surface area contributed by atoms with Crippen LogP contribution in [0.2, 0.25) is 0 Å². The molecule has 0 saturated heterocycles. The van der Waals surface area contributed by atoms with Crippen molar-refractivity contribution in [1.29, 1.82) is 5.39 Å². The molecule has 17 heavy (non-hydrogen) atoms. The van der Waals surface area contributed by atoms with Crippen LogP contribution in [0.15, 0.2) is 22.7 Å². The smallest absolute Gasteiger partial charge is 0.418 e. The molecule has 0 saturated carbocycles. The van der Waals surface area contributed by atoms with Crippen LogP contribution in [-0.2, 0) is 0 Å². The van der Waals surface area contributed by atoms with Gasteiger partial charge in [0.05, 0.1) is 4.92 Å². The Balaban J connectivity index is 0.000000437. The molecule has 0 aliphatic carbocycles. The van der Waals surface area contributed by atoms with Crippen molar-refractivity contribution in [2.45, 2.75) is 0 Å². The van der Waals surface area contributed by atoms with Gasteiger partial charge in [0.2, 0.25) is 5.39 Å². The molecule has 0 bridgehead atoms.